The maximum absolute atomic E-state index is 12.8. The van der Waals surface area contributed by atoms with Gasteiger partial charge in [0.15, 0.2) is 0 Å². The molecule has 0 unspecified atom stereocenters. The normalized spacial score (nSPS) is 10.9. The average molecular weight is 403 g/mol. The number of carboxylic acids is 1. The largest absolute Gasteiger partial charge is 0.478 e. The van der Waals surface area contributed by atoms with Crippen molar-refractivity contribution in [1.82, 2.24) is 14.3 Å². The summed E-state index contributed by atoms with van der Waals surface area (Å²) in [5.41, 5.74) is 2.52. The zero-order valence-electron chi connectivity index (χ0n) is 17.2. The maximum atomic E-state index is 12.8. The minimum atomic E-state index is -0.961. The molecule has 0 atom stereocenters. The Kier molecular flexibility index (Phi) is 6.53. The van der Waals surface area contributed by atoms with Crippen LogP contribution in [0, 0.1) is 18.3 Å². The number of carboxylic acid groups (broad SMARTS) is 1. The Balaban J connectivity index is 1.90. The third-order valence-corrected chi connectivity index (χ3v) is 4.79. The molecule has 0 saturated carbocycles. The highest BCUT2D eigenvalue weighted by Gasteiger charge is 2.15. The van der Waals surface area contributed by atoms with Crippen molar-refractivity contribution in [2.24, 2.45) is 5.92 Å². The molecular formula is C24H25N3O3. The summed E-state index contributed by atoms with van der Waals surface area (Å²) >= 11 is 0. The van der Waals surface area contributed by atoms with Crippen molar-refractivity contribution in [2.75, 3.05) is 0 Å². The van der Waals surface area contributed by atoms with Gasteiger partial charge >= 0.3 is 11.7 Å². The Labute approximate surface area is 175 Å². The molecule has 6 heteroatoms. The molecule has 0 aliphatic carbocycles. The van der Waals surface area contributed by atoms with E-state index in [0.717, 1.165) is 11.1 Å². The fourth-order valence-corrected chi connectivity index (χ4v) is 3.37. The molecule has 1 aromatic heterocycles. The van der Waals surface area contributed by atoms with Crippen LogP contribution >= 0.6 is 0 Å². The smallest absolute Gasteiger partial charge is 0.346 e. The van der Waals surface area contributed by atoms with Crippen LogP contribution in [0.2, 0.25) is 0 Å². The first kappa shape index (κ1) is 21.1. The summed E-state index contributed by atoms with van der Waals surface area (Å²) in [7, 11) is 0. The van der Waals surface area contributed by atoms with E-state index in [0.29, 0.717) is 43.2 Å². The van der Waals surface area contributed by atoms with E-state index in [1.54, 1.807) is 22.8 Å². The van der Waals surface area contributed by atoms with E-state index in [1.807, 2.05) is 44.2 Å². The first-order chi connectivity index (χ1) is 14.4. The Morgan fingerprint density at radius 1 is 1.17 bits per heavy atom. The lowest BCUT2D eigenvalue weighted by Crippen LogP contribution is -2.27. The number of rotatable bonds is 8. The lowest BCUT2D eigenvalue weighted by atomic mass is 9.99. The number of aryl methyl sites for hydroxylation is 1. The zero-order valence-corrected chi connectivity index (χ0v) is 17.2. The quantitative estimate of drug-likeness (QED) is 0.582. The predicted octanol–water partition coefficient (Wildman–Crippen LogP) is 3.68. The summed E-state index contributed by atoms with van der Waals surface area (Å²) in [4.78, 5) is 24.3. The standard InChI is InChI=1S/C24H25N3O3/c1-4-5-10-22-25-27(15-17(2)3)24(30)26(22)16-18-11-13-19(14-12-18)20-8-6-7-9-21(20)23(28)29/h1,6-9,11-14,17H,5,10,15-16H2,2-3H3,(H,28,29). The second-order valence-corrected chi connectivity index (χ2v) is 7.61. The Morgan fingerprint density at radius 2 is 1.87 bits per heavy atom. The summed E-state index contributed by atoms with van der Waals surface area (Å²) in [5, 5.41) is 13.9. The number of terminal acetylenes is 1. The van der Waals surface area contributed by atoms with Gasteiger partial charge in [0.25, 0.3) is 0 Å². The van der Waals surface area contributed by atoms with Gasteiger partial charge in [-0.05, 0) is 28.7 Å². The molecule has 0 aliphatic rings. The summed E-state index contributed by atoms with van der Waals surface area (Å²) < 4.78 is 3.17. The SMILES string of the molecule is C#CCCc1nn(CC(C)C)c(=O)n1Cc1ccc(-c2ccccc2C(=O)O)cc1. The van der Waals surface area contributed by atoms with Crippen LogP contribution in [-0.2, 0) is 19.5 Å². The zero-order chi connectivity index (χ0) is 21.7. The molecule has 1 heterocycles. The molecule has 2 aromatic carbocycles. The first-order valence-corrected chi connectivity index (χ1v) is 9.92. The molecular weight excluding hydrogens is 378 g/mol. The van der Waals surface area contributed by atoms with E-state index in [-0.39, 0.29) is 11.3 Å². The van der Waals surface area contributed by atoms with Crippen molar-refractivity contribution in [3.05, 3.63) is 76.0 Å². The molecule has 0 aliphatic heterocycles. The predicted molar refractivity (Wildman–Crippen MR) is 116 cm³/mol. The highest BCUT2D eigenvalue weighted by Crippen LogP contribution is 2.24. The Morgan fingerprint density at radius 3 is 2.50 bits per heavy atom. The summed E-state index contributed by atoms with van der Waals surface area (Å²) in [5.74, 6) is 2.63. The van der Waals surface area contributed by atoms with Crippen LogP contribution in [0.25, 0.3) is 11.1 Å². The van der Waals surface area contributed by atoms with Crippen molar-refractivity contribution in [3.63, 3.8) is 0 Å². The van der Waals surface area contributed by atoms with Crippen LogP contribution in [0.1, 0.15) is 42.0 Å². The summed E-state index contributed by atoms with van der Waals surface area (Å²) in [6, 6.07) is 14.5. The monoisotopic (exact) mass is 403 g/mol. The van der Waals surface area contributed by atoms with Gasteiger partial charge in [-0.1, -0.05) is 56.3 Å². The topological polar surface area (TPSA) is 77.1 Å². The third kappa shape index (κ3) is 4.69. The van der Waals surface area contributed by atoms with Gasteiger partial charge in [-0.2, -0.15) is 5.10 Å². The molecule has 3 rings (SSSR count). The minimum absolute atomic E-state index is 0.143. The number of carbonyl (C=O) groups is 1. The van der Waals surface area contributed by atoms with Crippen molar-refractivity contribution in [2.45, 2.75) is 39.8 Å². The molecule has 0 fully saturated rings. The number of hydrogen-bond donors (Lipinski definition) is 1. The second kappa shape index (κ2) is 9.27. The van der Waals surface area contributed by atoms with Crippen molar-refractivity contribution < 1.29 is 9.90 Å². The summed E-state index contributed by atoms with van der Waals surface area (Å²) in [6.45, 7) is 5.03. The van der Waals surface area contributed by atoms with Crippen molar-refractivity contribution in [1.29, 1.82) is 0 Å². The van der Waals surface area contributed by atoms with Gasteiger partial charge in [-0.3, -0.25) is 4.57 Å². The molecule has 0 saturated heterocycles. The number of hydrogen-bond acceptors (Lipinski definition) is 3. The molecule has 6 nitrogen and oxygen atoms in total. The highest BCUT2D eigenvalue weighted by molar-refractivity contribution is 5.95. The average Bonchev–Trinajstić information content (AvgIpc) is 3.01. The van der Waals surface area contributed by atoms with Gasteiger partial charge in [0, 0.05) is 19.4 Å². The van der Waals surface area contributed by atoms with Crippen LogP contribution in [0.4, 0.5) is 0 Å². The van der Waals surface area contributed by atoms with Crippen LogP contribution in [0.3, 0.4) is 0 Å². The first-order valence-electron chi connectivity index (χ1n) is 9.92. The number of nitrogens with zero attached hydrogens (tertiary/aromatic N) is 3. The number of aromatic carboxylic acids is 1. The molecule has 154 valence electrons. The van der Waals surface area contributed by atoms with E-state index >= 15 is 0 Å². The number of aromatic nitrogens is 3. The van der Waals surface area contributed by atoms with Gasteiger partial charge in [0.1, 0.15) is 5.82 Å². The van der Waals surface area contributed by atoms with E-state index in [2.05, 4.69) is 11.0 Å². The van der Waals surface area contributed by atoms with Gasteiger partial charge in [-0.15, -0.1) is 12.3 Å². The fraction of sp³-hybridized carbons (Fsp3) is 0.292. The van der Waals surface area contributed by atoms with Crippen LogP contribution in [-0.4, -0.2) is 25.4 Å². The summed E-state index contributed by atoms with van der Waals surface area (Å²) in [6.07, 6.45) is 6.46. The molecule has 3 aromatic rings. The van der Waals surface area contributed by atoms with Gasteiger partial charge < -0.3 is 5.11 Å². The Hall–Kier alpha value is -3.59. The molecule has 0 amide bonds. The molecule has 0 radical (unpaired) electrons. The highest BCUT2D eigenvalue weighted by atomic mass is 16.4. The fourth-order valence-electron chi connectivity index (χ4n) is 3.37. The van der Waals surface area contributed by atoms with Gasteiger partial charge in [0.2, 0.25) is 0 Å². The molecule has 30 heavy (non-hydrogen) atoms. The third-order valence-electron chi connectivity index (χ3n) is 4.79. The van der Waals surface area contributed by atoms with Gasteiger partial charge in [0.05, 0.1) is 12.1 Å². The molecule has 0 bridgehead atoms. The van der Waals surface area contributed by atoms with E-state index in [4.69, 9.17) is 6.42 Å². The lowest BCUT2D eigenvalue weighted by molar-refractivity contribution is 0.0697. The molecule has 1 N–H and O–H groups in total. The van der Waals surface area contributed by atoms with Gasteiger partial charge in [-0.25, -0.2) is 14.3 Å². The number of benzene rings is 2. The van der Waals surface area contributed by atoms with E-state index in [1.165, 1.54) is 4.68 Å². The molecule has 0 spiro atoms. The lowest BCUT2D eigenvalue weighted by Gasteiger charge is -2.09. The van der Waals surface area contributed by atoms with Crippen LogP contribution < -0.4 is 5.69 Å². The van der Waals surface area contributed by atoms with Crippen LogP contribution in [0.5, 0.6) is 0 Å². The van der Waals surface area contributed by atoms with E-state index < -0.39 is 5.97 Å². The van der Waals surface area contributed by atoms with Crippen LogP contribution in [0.15, 0.2) is 53.3 Å². The van der Waals surface area contributed by atoms with Crippen molar-refractivity contribution >= 4 is 5.97 Å². The maximum Gasteiger partial charge on any atom is 0.346 e. The van der Waals surface area contributed by atoms with E-state index in [9.17, 15) is 14.7 Å². The van der Waals surface area contributed by atoms with Crippen molar-refractivity contribution in [3.8, 4) is 23.5 Å². The Bertz CT molecular complexity index is 1130. The second-order valence-electron chi connectivity index (χ2n) is 7.61. The minimum Gasteiger partial charge on any atom is -0.478 e.